The number of carbonyl (C=O) groups is 3. The number of hydrogen-bond donors (Lipinski definition) is 2. The number of aliphatic hydroxyl groups is 1. The van der Waals surface area contributed by atoms with Gasteiger partial charge < -0.3 is 24.5 Å². The molecule has 0 radical (unpaired) electrons. The zero-order valence-corrected chi connectivity index (χ0v) is 20.0. The second-order valence-electron chi connectivity index (χ2n) is 9.57. The maximum atomic E-state index is 12.7. The van der Waals surface area contributed by atoms with Crippen LogP contribution in [-0.4, -0.2) is 58.8 Å². The minimum absolute atomic E-state index is 0.0360. The molecule has 2 aliphatic carbocycles. The van der Waals surface area contributed by atoms with Crippen molar-refractivity contribution < 1.29 is 38.9 Å². The zero-order chi connectivity index (χ0) is 24.8. The van der Waals surface area contributed by atoms with Gasteiger partial charge in [-0.3, -0.25) is 9.59 Å². The first-order chi connectivity index (χ1) is 16.2. The van der Waals surface area contributed by atoms with Gasteiger partial charge in [-0.1, -0.05) is 38.1 Å². The molecule has 9 heteroatoms. The van der Waals surface area contributed by atoms with Gasteiger partial charge in [0.2, 0.25) is 6.61 Å². The Morgan fingerprint density at radius 2 is 2.06 bits per heavy atom. The number of aliphatic carboxylic acids is 1. The summed E-state index contributed by atoms with van der Waals surface area (Å²) in [6, 6.07) is 0. The standard InChI is InChI=1S/C25H35NO8/c1-4-14(2)25(31)34-21-10-17(26-32-13-22(28)29)9-16-6-5-15(3)20(24(16)21)8-7-19-11-18(27)12-23(30)33-19/h5-6,9,14-15,18-21,24,27H,4,7-8,10-13H2,1-3H3,(H,28,29)/t14-,15-,18+,19+,20-,21-,24?/m0/s1. The van der Waals surface area contributed by atoms with E-state index in [1.165, 1.54) is 0 Å². The lowest BCUT2D eigenvalue weighted by Gasteiger charge is -2.42. The Kier molecular flexibility index (Phi) is 8.88. The summed E-state index contributed by atoms with van der Waals surface area (Å²) in [7, 11) is 0. The van der Waals surface area contributed by atoms with Crippen LogP contribution in [0.15, 0.2) is 29.0 Å². The van der Waals surface area contributed by atoms with E-state index in [0.717, 1.165) is 12.0 Å². The predicted molar refractivity (Wildman–Crippen MR) is 123 cm³/mol. The van der Waals surface area contributed by atoms with E-state index in [4.69, 9.17) is 19.4 Å². The molecule has 34 heavy (non-hydrogen) atoms. The number of nitrogens with zero attached hydrogens (tertiary/aromatic N) is 1. The first-order valence-corrected chi connectivity index (χ1v) is 12.1. The molecule has 3 aliphatic rings. The molecule has 3 rings (SSSR count). The minimum Gasteiger partial charge on any atom is -0.479 e. The Balaban J connectivity index is 1.81. The summed E-state index contributed by atoms with van der Waals surface area (Å²) in [6.45, 7) is 5.33. The van der Waals surface area contributed by atoms with Gasteiger partial charge in [-0.15, -0.1) is 0 Å². The van der Waals surface area contributed by atoms with Gasteiger partial charge in [0.05, 0.1) is 24.2 Å². The van der Waals surface area contributed by atoms with Crippen LogP contribution in [0.25, 0.3) is 0 Å². The lowest BCUT2D eigenvalue weighted by atomic mass is 9.66. The van der Waals surface area contributed by atoms with Gasteiger partial charge in [0.1, 0.15) is 12.2 Å². The summed E-state index contributed by atoms with van der Waals surface area (Å²) in [4.78, 5) is 40.1. The summed E-state index contributed by atoms with van der Waals surface area (Å²) in [6.07, 6.45) is 7.32. The number of carbonyl (C=O) groups excluding carboxylic acids is 2. The number of aliphatic hydroxyl groups excluding tert-OH is 1. The summed E-state index contributed by atoms with van der Waals surface area (Å²) in [5, 5.41) is 22.7. The largest absolute Gasteiger partial charge is 0.479 e. The van der Waals surface area contributed by atoms with Gasteiger partial charge in [-0.2, -0.15) is 0 Å². The van der Waals surface area contributed by atoms with E-state index in [0.29, 0.717) is 31.4 Å². The van der Waals surface area contributed by atoms with Crippen molar-refractivity contribution in [2.45, 2.75) is 77.6 Å². The van der Waals surface area contributed by atoms with Gasteiger partial charge >= 0.3 is 17.9 Å². The molecular formula is C25H35NO8. The smallest absolute Gasteiger partial charge is 0.344 e. The van der Waals surface area contributed by atoms with E-state index >= 15 is 0 Å². The van der Waals surface area contributed by atoms with Crippen LogP contribution in [0.2, 0.25) is 0 Å². The molecule has 0 bridgehead atoms. The highest BCUT2D eigenvalue weighted by Crippen LogP contribution is 2.44. The molecule has 9 nitrogen and oxygen atoms in total. The molecule has 7 atom stereocenters. The van der Waals surface area contributed by atoms with Crippen LogP contribution in [0.5, 0.6) is 0 Å². The summed E-state index contributed by atoms with van der Waals surface area (Å²) < 4.78 is 11.4. The summed E-state index contributed by atoms with van der Waals surface area (Å²) in [5.41, 5.74) is 1.48. The molecular weight excluding hydrogens is 442 g/mol. The van der Waals surface area contributed by atoms with Crippen LogP contribution in [0.1, 0.15) is 59.3 Å². The minimum atomic E-state index is -1.12. The van der Waals surface area contributed by atoms with E-state index in [2.05, 4.69) is 18.2 Å². The van der Waals surface area contributed by atoms with Gasteiger partial charge in [0.25, 0.3) is 0 Å². The Hall–Kier alpha value is -2.68. The first kappa shape index (κ1) is 25.9. The normalized spacial score (nSPS) is 32.9. The third-order valence-corrected chi connectivity index (χ3v) is 6.97. The lowest BCUT2D eigenvalue weighted by Crippen LogP contribution is -2.42. The average Bonchev–Trinajstić information content (AvgIpc) is 2.77. The molecule has 1 unspecified atom stereocenters. The Labute approximate surface area is 199 Å². The van der Waals surface area contributed by atoms with Gasteiger partial charge in [0, 0.05) is 18.8 Å². The SMILES string of the molecule is CC[C@H](C)C(=O)O[C@H]1CC(=NOCC(=O)O)C=C2C=C[C@H](C)[C@H](CC[C@@H]3C[C@@H](O)CC(=O)O3)C21. The first-order valence-electron chi connectivity index (χ1n) is 12.1. The fourth-order valence-electron chi connectivity index (χ4n) is 4.95. The number of ether oxygens (including phenoxy) is 2. The van der Waals surface area contributed by atoms with E-state index in [1.807, 2.05) is 26.0 Å². The lowest BCUT2D eigenvalue weighted by molar-refractivity contribution is -0.162. The molecule has 0 aromatic heterocycles. The number of carboxylic acids is 1. The summed E-state index contributed by atoms with van der Waals surface area (Å²) in [5.74, 6) is -1.74. The fourth-order valence-corrected chi connectivity index (χ4v) is 4.95. The number of hydrogen-bond acceptors (Lipinski definition) is 8. The molecule has 1 fully saturated rings. The van der Waals surface area contributed by atoms with E-state index in [-0.39, 0.29) is 48.1 Å². The van der Waals surface area contributed by atoms with E-state index < -0.39 is 24.8 Å². The predicted octanol–water partition coefficient (Wildman–Crippen LogP) is 3.02. The van der Waals surface area contributed by atoms with Crippen molar-refractivity contribution in [1.29, 1.82) is 0 Å². The highest BCUT2D eigenvalue weighted by molar-refractivity contribution is 5.97. The average molecular weight is 478 g/mol. The van der Waals surface area contributed by atoms with Crippen molar-refractivity contribution in [2.24, 2.45) is 28.8 Å². The summed E-state index contributed by atoms with van der Waals surface area (Å²) >= 11 is 0. The number of fused-ring (bicyclic) bond motifs is 1. The molecule has 0 aromatic rings. The Morgan fingerprint density at radius 3 is 2.74 bits per heavy atom. The molecule has 0 amide bonds. The molecule has 2 N–H and O–H groups in total. The zero-order valence-electron chi connectivity index (χ0n) is 20.0. The molecule has 0 spiro atoms. The van der Waals surface area contributed by atoms with E-state index in [9.17, 15) is 19.5 Å². The van der Waals surface area contributed by atoms with Crippen molar-refractivity contribution >= 4 is 23.6 Å². The van der Waals surface area contributed by atoms with Crippen LogP contribution < -0.4 is 0 Å². The quantitative estimate of drug-likeness (QED) is 0.383. The van der Waals surface area contributed by atoms with Crippen LogP contribution >= 0.6 is 0 Å². The van der Waals surface area contributed by atoms with Crippen LogP contribution in [0, 0.1) is 23.7 Å². The third kappa shape index (κ3) is 6.68. The van der Waals surface area contributed by atoms with Crippen molar-refractivity contribution in [3.63, 3.8) is 0 Å². The highest BCUT2D eigenvalue weighted by atomic mass is 16.6. The van der Waals surface area contributed by atoms with Gasteiger partial charge in [-0.05, 0) is 42.7 Å². The maximum absolute atomic E-state index is 12.7. The molecule has 1 saturated heterocycles. The topological polar surface area (TPSA) is 132 Å². The van der Waals surface area contributed by atoms with Crippen molar-refractivity contribution in [3.05, 3.63) is 23.8 Å². The van der Waals surface area contributed by atoms with Crippen molar-refractivity contribution in [2.75, 3.05) is 6.61 Å². The number of allylic oxidation sites excluding steroid dienone is 3. The molecule has 0 aromatic carbocycles. The number of oxime groups is 1. The Bertz CT molecular complexity index is 863. The van der Waals surface area contributed by atoms with Crippen LogP contribution in [0.3, 0.4) is 0 Å². The molecule has 188 valence electrons. The molecule has 1 aliphatic heterocycles. The fraction of sp³-hybridized carbons (Fsp3) is 0.680. The van der Waals surface area contributed by atoms with Crippen molar-refractivity contribution in [3.8, 4) is 0 Å². The number of esters is 2. The molecule has 0 saturated carbocycles. The maximum Gasteiger partial charge on any atom is 0.344 e. The second kappa shape index (κ2) is 11.6. The third-order valence-electron chi connectivity index (χ3n) is 6.97. The second-order valence-corrected chi connectivity index (χ2v) is 9.57. The molecule has 1 heterocycles. The van der Waals surface area contributed by atoms with Crippen molar-refractivity contribution in [1.82, 2.24) is 0 Å². The highest BCUT2D eigenvalue weighted by Gasteiger charge is 2.42. The number of rotatable bonds is 9. The van der Waals surface area contributed by atoms with Gasteiger partial charge in [0.15, 0.2) is 0 Å². The number of cyclic esters (lactones) is 1. The van der Waals surface area contributed by atoms with Crippen LogP contribution in [0.4, 0.5) is 0 Å². The Morgan fingerprint density at radius 1 is 1.29 bits per heavy atom. The number of carboxylic acid groups (broad SMARTS) is 1. The van der Waals surface area contributed by atoms with Crippen LogP contribution in [-0.2, 0) is 28.7 Å². The van der Waals surface area contributed by atoms with Gasteiger partial charge in [-0.25, -0.2) is 4.79 Å². The monoisotopic (exact) mass is 477 g/mol. The van der Waals surface area contributed by atoms with E-state index in [1.54, 1.807) is 0 Å².